The van der Waals surface area contributed by atoms with Gasteiger partial charge in [-0.05, 0) is 31.2 Å². The fourth-order valence-corrected chi connectivity index (χ4v) is 4.16. The Labute approximate surface area is 171 Å². The molecule has 0 atom stereocenters. The molecule has 0 saturated heterocycles. The molecule has 8 heteroatoms. The second kappa shape index (κ2) is 8.00. The third kappa shape index (κ3) is 3.58. The minimum Gasteiger partial charge on any atom is -0.510 e. The van der Waals surface area contributed by atoms with Crippen molar-refractivity contribution in [3.8, 4) is 0 Å². The summed E-state index contributed by atoms with van der Waals surface area (Å²) in [5.74, 6) is -0.327. The summed E-state index contributed by atoms with van der Waals surface area (Å²) in [5, 5.41) is 11.5. The number of H-pyrrole nitrogens is 1. The van der Waals surface area contributed by atoms with E-state index in [1.807, 2.05) is 55.5 Å². The zero-order valence-electron chi connectivity index (χ0n) is 16.0. The number of carbonyl (C=O) groups excluding carboxylic acids is 1. The first-order valence-electron chi connectivity index (χ1n) is 9.16. The molecule has 0 bridgehead atoms. The largest absolute Gasteiger partial charge is 0.510 e. The SMILES string of the molecule is CCn1c(SC/C(O)=C(\C(=O)OC)c2nc3ccccc3[nH]2)nc2ccccc21. The number of methoxy groups -OCH3 is 1. The number of esters is 1. The Kier molecular flexibility index (Phi) is 5.26. The molecule has 0 spiro atoms. The van der Waals surface area contributed by atoms with Crippen LogP contribution < -0.4 is 0 Å². The lowest BCUT2D eigenvalue weighted by Crippen LogP contribution is -2.10. The van der Waals surface area contributed by atoms with E-state index < -0.39 is 5.97 Å². The molecule has 0 radical (unpaired) electrons. The number of hydrogen-bond donors (Lipinski definition) is 2. The van der Waals surface area contributed by atoms with Crippen molar-refractivity contribution in [1.82, 2.24) is 19.5 Å². The molecular weight excluding hydrogens is 388 g/mol. The standard InChI is InChI=1S/C21H20N4O3S/c1-3-25-16-11-7-6-10-15(16)24-21(25)29-12-17(26)18(20(27)28-2)19-22-13-8-4-5-9-14(13)23-19/h4-11,26H,3,12H2,1-2H3,(H,22,23)/b18-17+. The molecule has 2 aromatic heterocycles. The van der Waals surface area contributed by atoms with Gasteiger partial charge in [-0.25, -0.2) is 14.8 Å². The number of nitrogens with zero attached hydrogens (tertiary/aromatic N) is 3. The normalized spacial score (nSPS) is 12.3. The number of nitrogens with one attached hydrogen (secondary N) is 1. The lowest BCUT2D eigenvalue weighted by Gasteiger charge is -2.08. The molecule has 4 aromatic rings. The third-order valence-corrected chi connectivity index (χ3v) is 5.57. The highest BCUT2D eigenvalue weighted by Crippen LogP contribution is 2.28. The predicted molar refractivity (Wildman–Crippen MR) is 114 cm³/mol. The van der Waals surface area contributed by atoms with Crippen molar-refractivity contribution in [2.45, 2.75) is 18.6 Å². The van der Waals surface area contributed by atoms with Crippen LogP contribution >= 0.6 is 11.8 Å². The van der Waals surface area contributed by atoms with Crippen LogP contribution in [0.2, 0.25) is 0 Å². The second-order valence-corrected chi connectivity index (χ2v) is 7.27. The lowest BCUT2D eigenvalue weighted by molar-refractivity contribution is -0.133. The van der Waals surface area contributed by atoms with Crippen LogP contribution in [0.15, 0.2) is 59.4 Å². The number of ether oxygens (including phenoxy) is 1. The average molecular weight is 408 g/mol. The first kappa shape index (κ1) is 19.1. The van der Waals surface area contributed by atoms with Crippen molar-refractivity contribution in [3.63, 3.8) is 0 Å². The minimum absolute atomic E-state index is 0.0235. The zero-order valence-corrected chi connectivity index (χ0v) is 16.9. The molecule has 29 heavy (non-hydrogen) atoms. The van der Waals surface area contributed by atoms with E-state index in [9.17, 15) is 9.90 Å². The van der Waals surface area contributed by atoms with E-state index >= 15 is 0 Å². The quantitative estimate of drug-likeness (QED) is 0.215. The number of hydrogen-bond acceptors (Lipinski definition) is 6. The van der Waals surface area contributed by atoms with Gasteiger partial charge in [0.25, 0.3) is 0 Å². The van der Waals surface area contributed by atoms with Gasteiger partial charge in [0.2, 0.25) is 0 Å². The van der Waals surface area contributed by atoms with Gasteiger partial charge in [-0.1, -0.05) is 36.0 Å². The van der Waals surface area contributed by atoms with Crippen LogP contribution in [0.25, 0.3) is 27.6 Å². The monoisotopic (exact) mass is 408 g/mol. The fourth-order valence-electron chi connectivity index (χ4n) is 3.20. The van der Waals surface area contributed by atoms with Crippen molar-refractivity contribution < 1.29 is 14.6 Å². The molecule has 0 aliphatic rings. The number of carbonyl (C=O) groups is 1. The number of rotatable bonds is 6. The number of imidazole rings is 2. The van der Waals surface area contributed by atoms with Crippen molar-refractivity contribution in [2.24, 2.45) is 0 Å². The molecule has 4 rings (SSSR count). The maximum absolute atomic E-state index is 12.4. The highest BCUT2D eigenvalue weighted by molar-refractivity contribution is 7.99. The molecule has 0 aliphatic heterocycles. The first-order chi connectivity index (χ1) is 14.1. The number of thioether (sulfide) groups is 1. The average Bonchev–Trinajstić information content (AvgIpc) is 3.32. The molecule has 7 nitrogen and oxygen atoms in total. The number of aromatic amines is 1. The van der Waals surface area contributed by atoms with E-state index in [1.165, 1.54) is 18.9 Å². The van der Waals surface area contributed by atoms with Crippen molar-refractivity contribution in [2.75, 3.05) is 12.9 Å². The molecule has 2 heterocycles. The van der Waals surface area contributed by atoms with E-state index in [-0.39, 0.29) is 22.9 Å². The first-order valence-corrected chi connectivity index (χ1v) is 10.1. The maximum atomic E-state index is 12.4. The van der Waals surface area contributed by atoms with Gasteiger partial charge in [-0.15, -0.1) is 0 Å². The number of aliphatic hydroxyl groups is 1. The molecular formula is C21H20N4O3S. The predicted octanol–water partition coefficient (Wildman–Crippen LogP) is 4.17. The summed E-state index contributed by atoms with van der Waals surface area (Å²) < 4.78 is 6.96. The summed E-state index contributed by atoms with van der Waals surface area (Å²) >= 11 is 1.36. The summed E-state index contributed by atoms with van der Waals surface area (Å²) in [6.07, 6.45) is 0. The summed E-state index contributed by atoms with van der Waals surface area (Å²) in [6, 6.07) is 15.3. The van der Waals surface area contributed by atoms with Crippen LogP contribution in [0, 0.1) is 0 Å². The van der Waals surface area contributed by atoms with E-state index in [4.69, 9.17) is 4.74 Å². The Morgan fingerprint density at radius 2 is 1.86 bits per heavy atom. The van der Waals surface area contributed by atoms with E-state index in [0.717, 1.165) is 28.3 Å². The minimum atomic E-state index is -0.647. The number of benzene rings is 2. The molecule has 0 saturated carbocycles. The highest BCUT2D eigenvalue weighted by atomic mass is 32.2. The topological polar surface area (TPSA) is 93.0 Å². The smallest absolute Gasteiger partial charge is 0.345 e. The van der Waals surface area contributed by atoms with Gasteiger partial charge in [0, 0.05) is 6.54 Å². The van der Waals surface area contributed by atoms with Crippen molar-refractivity contribution in [1.29, 1.82) is 0 Å². The Balaban J connectivity index is 1.68. The summed E-state index contributed by atoms with van der Waals surface area (Å²) in [7, 11) is 1.28. The summed E-state index contributed by atoms with van der Waals surface area (Å²) in [6.45, 7) is 2.79. The summed E-state index contributed by atoms with van der Waals surface area (Å²) in [5.41, 5.74) is 3.43. The number of fused-ring (bicyclic) bond motifs is 2. The fraction of sp³-hybridized carbons (Fsp3) is 0.190. The molecule has 0 unspecified atom stereocenters. The number of aliphatic hydroxyl groups excluding tert-OH is 1. The Hall–Kier alpha value is -3.26. The van der Waals surface area contributed by atoms with Gasteiger partial charge in [0.15, 0.2) is 5.16 Å². The molecule has 2 aromatic carbocycles. The van der Waals surface area contributed by atoms with E-state index in [0.29, 0.717) is 5.52 Å². The van der Waals surface area contributed by atoms with E-state index in [2.05, 4.69) is 19.5 Å². The van der Waals surface area contributed by atoms with Crippen molar-refractivity contribution in [3.05, 3.63) is 60.1 Å². The Bertz CT molecular complexity index is 1190. The third-order valence-electron chi connectivity index (χ3n) is 4.58. The number of aromatic nitrogens is 4. The van der Waals surface area contributed by atoms with Crippen molar-refractivity contribution >= 4 is 45.4 Å². The van der Waals surface area contributed by atoms with Gasteiger partial charge in [-0.2, -0.15) is 0 Å². The van der Waals surface area contributed by atoms with Crippen LogP contribution in [0.3, 0.4) is 0 Å². The molecule has 148 valence electrons. The van der Waals surface area contributed by atoms with Crippen LogP contribution in [0.4, 0.5) is 0 Å². The van der Waals surface area contributed by atoms with Crippen LogP contribution in [0.1, 0.15) is 12.7 Å². The van der Waals surface area contributed by atoms with Crippen LogP contribution in [-0.4, -0.2) is 43.5 Å². The van der Waals surface area contributed by atoms with Gasteiger partial charge in [-0.3, -0.25) is 0 Å². The zero-order chi connectivity index (χ0) is 20.4. The maximum Gasteiger partial charge on any atom is 0.345 e. The summed E-state index contributed by atoms with van der Waals surface area (Å²) in [4.78, 5) is 24.5. The second-order valence-electron chi connectivity index (χ2n) is 6.33. The van der Waals surface area contributed by atoms with Gasteiger partial charge >= 0.3 is 5.97 Å². The molecule has 0 aliphatic carbocycles. The van der Waals surface area contributed by atoms with E-state index in [1.54, 1.807) is 0 Å². The lowest BCUT2D eigenvalue weighted by atomic mass is 10.2. The van der Waals surface area contributed by atoms with Crippen LogP contribution in [-0.2, 0) is 16.1 Å². The number of para-hydroxylation sites is 4. The van der Waals surface area contributed by atoms with Gasteiger partial charge in [0.05, 0.1) is 34.9 Å². The highest BCUT2D eigenvalue weighted by Gasteiger charge is 2.23. The van der Waals surface area contributed by atoms with Gasteiger partial charge in [0.1, 0.15) is 17.2 Å². The Morgan fingerprint density at radius 3 is 2.59 bits per heavy atom. The molecule has 2 N–H and O–H groups in total. The number of aryl methyl sites for hydroxylation is 1. The van der Waals surface area contributed by atoms with Gasteiger partial charge < -0.3 is 19.4 Å². The molecule has 0 fully saturated rings. The Morgan fingerprint density at radius 1 is 1.14 bits per heavy atom. The molecule has 0 amide bonds. The van der Waals surface area contributed by atoms with Crippen LogP contribution in [0.5, 0.6) is 0 Å².